The van der Waals surface area contributed by atoms with Gasteiger partial charge in [-0.2, -0.15) is 0 Å². The van der Waals surface area contributed by atoms with Gasteiger partial charge >= 0.3 is 0 Å². The van der Waals surface area contributed by atoms with E-state index in [-0.39, 0.29) is 12.5 Å². The Labute approximate surface area is 108 Å². The predicted molar refractivity (Wildman–Crippen MR) is 71.6 cm³/mol. The Balaban J connectivity index is 1.97. The van der Waals surface area contributed by atoms with Gasteiger partial charge in [0.25, 0.3) is 5.91 Å². The van der Waals surface area contributed by atoms with E-state index < -0.39 is 0 Å². The third-order valence-corrected chi connectivity index (χ3v) is 3.37. The molecule has 0 spiro atoms. The fourth-order valence-corrected chi connectivity index (χ4v) is 2.20. The number of hydrogen-bond donors (Lipinski definition) is 1. The van der Waals surface area contributed by atoms with E-state index in [1.807, 2.05) is 24.8 Å². The molecule has 4 nitrogen and oxygen atoms in total. The summed E-state index contributed by atoms with van der Waals surface area (Å²) >= 11 is 0. The predicted octanol–water partition coefficient (Wildman–Crippen LogP) is 1.89. The van der Waals surface area contributed by atoms with Crippen LogP contribution in [-0.2, 0) is 4.79 Å². The fourth-order valence-electron chi connectivity index (χ4n) is 2.20. The van der Waals surface area contributed by atoms with Crippen molar-refractivity contribution in [3.05, 3.63) is 23.3 Å². The van der Waals surface area contributed by atoms with Gasteiger partial charge in [0.2, 0.25) is 0 Å². The molecule has 1 fully saturated rings. The molecule has 1 aliphatic heterocycles. The van der Waals surface area contributed by atoms with E-state index in [1.54, 1.807) is 6.07 Å². The number of amides is 1. The number of nitrogens with two attached hydrogens (primary N) is 1. The van der Waals surface area contributed by atoms with E-state index in [9.17, 15) is 4.79 Å². The first-order valence-electron chi connectivity index (χ1n) is 6.35. The maximum absolute atomic E-state index is 11.9. The zero-order chi connectivity index (χ0) is 13.1. The molecule has 0 bridgehead atoms. The van der Waals surface area contributed by atoms with Crippen LogP contribution in [0.15, 0.2) is 12.1 Å². The van der Waals surface area contributed by atoms with Crippen LogP contribution in [0.25, 0.3) is 0 Å². The highest BCUT2D eigenvalue weighted by Crippen LogP contribution is 2.24. The third-order valence-electron chi connectivity index (χ3n) is 3.37. The number of hydrogen-bond acceptors (Lipinski definition) is 3. The first kappa shape index (κ1) is 12.7. The number of nitrogen functional groups attached to an aromatic ring is 1. The maximum Gasteiger partial charge on any atom is 0.260 e. The van der Waals surface area contributed by atoms with Crippen molar-refractivity contribution in [2.45, 2.75) is 26.7 Å². The topological polar surface area (TPSA) is 55.6 Å². The van der Waals surface area contributed by atoms with Crippen molar-refractivity contribution in [3.63, 3.8) is 0 Å². The second kappa shape index (κ2) is 5.29. The summed E-state index contributed by atoms with van der Waals surface area (Å²) in [5.74, 6) is 0.761. The third kappa shape index (κ3) is 2.75. The molecule has 0 atom stereocenters. The minimum atomic E-state index is 0.0612. The number of anilines is 1. The Bertz CT molecular complexity index is 451. The molecule has 2 rings (SSSR count). The first-order chi connectivity index (χ1) is 8.58. The molecule has 0 radical (unpaired) electrons. The van der Waals surface area contributed by atoms with Crippen molar-refractivity contribution >= 4 is 11.6 Å². The number of nitrogens with zero attached hydrogens (tertiary/aromatic N) is 1. The monoisotopic (exact) mass is 248 g/mol. The summed E-state index contributed by atoms with van der Waals surface area (Å²) in [7, 11) is 0. The summed E-state index contributed by atoms with van der Waals surface area (Å²) in [6.07, 6.45) is 2.20. The average Bonchev–Trinajstić information content (AvgIpc) is 2.85. The summed E-state index contributed by atoms with van der Waals surface area (Å²) in [5, 5.41) is 0. The zero-order valence-corrected chi connectivity index (χ0v) is 11.0. The van der Waals surface area contributed by atoms with Crippen molar-refractivity contribution in [1.82, 2.24) is 4.90 Å². The lowest BCUT2D eigenvalue weighted by Crippen LogP contribution is -2.32. The van der Waals surface area contributed by atoms with Crippen LogP contribution in [0.3, 0.4) is 0 Å². The van der Waals surface area contributed by atoms with Crippen LogP contribution >= 0.6 is 0 Å². The van der Waals surface area contributed by atoms with Crippen molar-refractivity contribution in [1.29, 1.82) is 0 Å². The lowest BCUT2D eigenvalue weighted by Gasteiger charge is -2.16. The molecule has 0 aliphatic carbocycles. The molecular formula is C14H20N2O2. The van der Waals surface area contributed by atoms with Crippen molar-refractivity contribution in [2.24, 2.45) is 0 Å². The van der Waals surface area contributed by atoms with Crippen LogP contribution in [0, 0.1) is 13.8 Å². The quantitative estimate of drug-likeness (QED) is 0.831. The van der Waals surface area contributed by atoms with Crippen LogP contribution in [-0.4, -0.2) is 30.5 Å². The molecule has 2 N–H and O–H groups in total. The standard InChI is InChI=1S/C14H20N2O2/c1-10-7-11(2)13(8-12(10)15)18-9-14(17)16-5-3-4-6-16/h7-8H,3-6,9,15H2,1-2H3. The van der Waals surface area contributed by atoms with E-state index in [1.165, 1.54) is 0 Å². The van der Waals surface area contributed by atoms with E-state index in [2.05, 4.69) is 0 Å². The molecule has 0 unspecified atom stereocenters. The second-order valence-corrected chi connectivity index (χ2v) is 4.85. The minimum Gasteiger partial charge on any atom is -0.483 e. The second-order valence-electron chi connectivity index (χ2n) is 4.85. The molecule has 18 heavy (non-hydrogen) atoms. The SMILES string of the molecule is Cc1cc(C)c(OCC(=O)N2CCCC2)cc1N. The molecular weight excluding hydrogens is 228 g/mol. The Hall–Kier alpha value is -1.71. The van der Waals surface area contributed by atoms with Gasteiger partial charge in [0.15, 0.2) is 6.61 Å². The van der Waals surface area contributed by atoms with Gasteiger partial charge in [0.05, 0.1) is 0 Å². The summed E-state index contributed by atoms with van der Waals surface area (Å²) in [6.45, 7) is 5.74. The molecule has 0 saturated carbocycles. The van der Waals surface area contributed by atoms with Gasteiger partial charge in [0, 0.05) is 24.8 Å². The normalized spacial score (nSPS) is 14.9. The van der Waals surface area contributed by atoms with Crippen LogP contribution in [0.4, 0.5) is 5.69 Å². The molecule has 1 aromatic rings. The molecule has 4 heteroatoms. The van der Waals surface area contributed by atoms with Gasteiger partial charge in [-0.05, 0) is 37.8 Å². The summed E-state index contributed by atoms with van der Waals surface area (Å²) in [5.41, 5.74) is 8.58. The zero-order valence-electron chi connectivity index (χ0n) is 11.0. The molecule has 1 saturated heterocycles. The summed E-state index contributed by atoms with van der Waals surface area (Å²) < 4.78 is 5.58. The largest absolute Gasteiger partial charge is 0.483 e. The Morgan fingerprint density at radius 3 is 2.61 bits per heavy atom. The Morgan fingerprint density at radius 1 is 1.28 bits per heavy atom. The molecule has 1 aliphatic rings. The maximum atomic E-state index is 11.9. The highest BCUT2D eigenvalue weighted by Gasteiger charge is 2.18. The van der Waals surface area contributed by atoms with Crippen molar-refractivity contribution in [2.75, 3.05) is 25.4 Å². The fraction of sp³-hybridized carbons (Fsp3) is 0.500. The van der Waals surface area contributed by atoms with Gasteiger partial charge in [-0.1, -0.05) is 6.07 Å². The summed E-state index contributed by atoms with van der Waals surface area (Å²) in [6, 6.07) is 3.77. The molecule has 0 aromatic heterocycles. The van der Waals surface area contributed by atoms with Gasteiger partial charge in [-0.25, -0.2) is 0 Å². The number of carbonyl (C=O) groups excluding carboxylic acids is 1. The highest BCUT2D eigenvalue weighted by molar-refractivity contribution is 5.78. The van der Waals surface area contributed by atoms with Crippen LogP contribution in [0.5, 0.6) is 5.75 Å². The van der Waals surface area contributed by atoms with Crippen molar-refractivity contribution in [3.8, 4) is 5.75 Å². The number of carbonyl (C=O) groups is 1. The lowest BCUT2D eigenvalue weighted by molar-refractivity contribution is -0.132. The molecule has 1 aromatic carbocycles. The number of rotatable bonds is 3. The van der Waals surface area contributed by atoms with E-state index in [4.69, 9.17) is 10.5 Å². The molecule has 1 heterocycles. The minimum absolute atomic E-state index is 0.0612. The van der Waals surface area contributed by atoms with E-state index in [0.717, 1.165) is 37.1 Å². The first-order valence-corrected chi connectivity index (χ1v) is 6.35. The van der Waals surface area contributed by atoms with E-state index in [0.29, 0.717) is 11.4 Å². The summed E-state index contributed by atoms with van der Waals surface area (Å²) in [4.78, 5) is 13.7. The smallest absolute Gasteiger partial charge is 0.260 e. The van der Waals surface area contributed by atoms with Crippen LogP contribution in [0.2, 0.25) is 0 Å². The van der Waals surface area contributed by atoms with Gasteiger partial charge in [-0.3, -0.25) is 4.79 Å². The number of likely N-dealkylation sites (tertiary alicyclic amines) is 1. The van der Waals surface area contributed by atoms with Gasteiger partial charge < -0.3 is 15.4 Å². The number of benzene rings is 1. The Kier molecular flexibility index (Phi) is 3.75. The molecule has 98 valence electrons. The average molecular weight is 248 g/mol. The lowest BCUT2D eigenvalue weighted by atomic mass is 10.1. The molecule has 1 amide bonds. The Morgan fingerprint density at radius 2 is 1.94 bits per heavy atom. The highest BCUT2D eigenvalue weighted by atomic mass is 16.5. The number of ether oxygens (including phenoxy) is 1. The number of aryl methyl sites for hydroxylation is 2. The van der Waals surface area contributed by atoms with Crippen molar-refractivity contribution < 1.29 is 9.53 Å². The van der Waals surface area contributed by atoms with Crippen LogP contribution < -0.4 is 10.5 Å². The van der Waals surface area contributed by atoms with Gasteiger partial charge in [0.1, 0.15) is 5.75 Å². The van der Waals surface area contributed by atoms with Crippen LogP contribution in [0.1, 0.15) is 24.0 Å². The van der Waals surface area contributed by atoms with E-state index >= 15 is 0 Å². The van der Waals surface area contributed by atoms with Gasteiger partial charge in [-0.15, -0.1) is 0 Å².